The van der Waals surface area contributed by atoms with Gasteiger partial charge in [-0.2, -0.15) is 0 Å². The lowest BCUT2D eigenvalue weighted by atomic mass is 9.85. The number of unbranched alkanes of at least 4 members (excludes halogenated alkanes) is 3. The molecule has 3 atom stereocenters. The topological polar surface area (TPSA) is 153 Å². The van der Waals surface area contributed by atoms with Crippen LogP contribution in [0.2, 0.25) is 0 Å². The molecule has 0 aliphatic carbocycles. The van der Waals surface area contributed by atoms with Crippen molar-refractivity contribution in [1.29, 1.82) is 0 Å². The van der Waals surface area contributed by atoms with E-state index in [0.717, 1.165) is 61.2 Å². The number of ether oxygens (including phenoxy) is 2. The molecule has 3 aromatic carbocycles. The van der Waals surface area contributed by atoms with Crippen molar-refractivity contribution in [3.8, 4) is 0 Å². The Bertz CT molecular complexity index is 1610. The van der Waals surface area contributed by atoms with Crippen molar-refractivity contribution in [2.24, 2.45) is 0 Å². The van der Waals surface area contributed by atoms with Crippen LogP contribution < -0.4 is 21.0 Å². The fraction of sp³-hybridized carbons (Fsp3) is 0.462. The number of nitrogens with zero attached hydrogens (tertiary/aromatic N) is 2. The van der Waals surface area contributed by atoms with Crippen molar-refractivity contribution in [3.63, 3.8) is 0 Å². The van der Waals surface area contributed by atoms with Crippen molar-refractivity contribution in [1.82, 2.24) is 15.7 Å². The minimum absolute atomic E-state index is 0.0296. The van der Waals surface area contributed by atoms with Crippen LogP contribution in [0.25, 0.3) is 0 Å². The molecule has 1 spiro atoms. The summed E-state index contributed by atoms with van der Waals surface area (Å²) in [5, 5.41) is 24.3. The third kappa shape index (κ3) is 9.13. The lowest BCUT2D eigenvalue weighted by Crippen LogP contribution is -2.57. The van der Waals surface area contributed by atoms with Gasteiger partial charge in [0.05, 0.1) is 25.5 Å². The molecule has 51 heavy (non-hydrogen) atoms. The van der Waals surface area contributed by atoms with Crippen LogP contribution in [0.3, 0.4) is 0 Å². The first-order valence-corrected chi connectivity index (χ1v) is 18.0. The molecule has 272 valence electrons. The maximum atomic E-state index is 13.2. The van der Waals surface area contributed by atoms with Gasteiger partial charge in [0.25, 0.3) is 0 Å². The van der Waals surface area contributed by atoms with Gasteiger partial charge in [-0.05, 0) is 61.1 Å². The summed E-state index contributed by atoms with van der Waals surface area (Å²) < 4.78 is 13.2. The molecule has 3 aliphatic heterocycles. The number of nitrogens with one attached hydrogen (secondary N) is 3. The second-order valence-electron chi connectivity index (χ2n) is 13.7. The molecule has 3 unspecified atom stereocenters. The van der Waals surface area contributed by atoms with Crippen molar-refractivity contribution in [3.05, 3.63) is 95.6 Å². The standard InChI is InChI=1S/C39H49N5O7/c45-26-28-15-17-29(18-16-28)34-24-33(25-43-21-19-39(20-22-43)38(48)40-27-44(39)32-11-4-3-5-12-32)50-37(51-34)30-9-8-10-31(23-30)41-35(46)13-6-1-2-7-14-36(47)42-49/h3-5,8-12,15-18,23,33-34,37,45,49H,1-2,6-7,13-14,19-22,24-27H2,(H,40,48)(H,41,46)(H,42,47). The number of rotatable bonds is 14. The van der Waals surface area contributed by atoms with Crippen LogP contribution in [0.4, 0.5) is 11.4 Å². The van der Waals surface area contributed by atoms with E-state index in [1.165, 1.54) is 0 Å². The van der Waals surface area contributed by atoms with Crippen molar-refractivity contribution in [2.45, 2.75) is 88.4 Å². The number of hydroxylamine groups is 1. The Hall–Kier alpha value is -4.33. The van der Waals surface area contributed by atoms with E-state index in [0.29, 0.717) is 44.6 Å². The number of hydrogen-bond acceptors (Lipinski definition) is 9. The second kappa shape index (κ2) is 17.3. The fourth-order valence-electron chi connectivity index (χ4n) is 7.43. The number of carbonyl (C=O) groups is 3. The smallest absolute Gasteiger partial charge is 0.247 e. The van der Waals surface area contributed by atoms with Gasteiger partial charge in [-0.15, -0.1) is 0 Å². The molecule has 3 aliphatic rings. The molecule has 12 heteroatoms. The molecular weight excluding hydrogens is 650 g/mol. The zero-order valence-corrected chi connectivity index (χ0v) is 29.0. The number of amides is 3. The van der Waals surface area contributed by atoms with E-state index in [1.54, 1.807) is 5.48 Å². The van der Waals surface area contributed by atoms with Crippen LogP contribution in [-0.4, -0.2) is 70.9 Å². The third-order valence-electron chi connectivity index (χ3n) is 10.3. The number of hydrogen-bond donors (Lipinski definition) is 5. The number of aliphatic hydroxyl groups is 1. The van der Waals surface area contributed by atoms with Gasteiger partial charge in [0, 0.05) is 55.8 Å². The number of benzene rings is 3. The first-order chi connectivity index (χ1) is 24.9. The van der Waals surface area contributed by atoms with Gasteiger partial charge >= 0.3 is 0 Å². The molecule has 3 fully saturated rings. The maximum Gasteiger partial charge on any atom is 0.247 e. The zero-order chi connectivity index (χ0) is 35.6. The van der Waals surface area contributed by atoms with Gasteiger partial charge in [0.2, 0.25) is 17.7 Å². The Labute approximate surface area is 299 Å². The predicted molar refractivity (Wildman–Crippen MR) is 191 cm³/mol. The van der Waals surface area contributed by atoms with E-state index in [4.69, 9.17) is 14.7 Å². The lowest BCUT2D eigenvalue weighted by molar-refractivity contribution is -0.253. The average Bonchev–Trinajstić information content (AvgIpc) is 3.48. The highest BCUT2D eigenvalue weighted by Gasteiger charge is 2.50. The first-order valence-electron chi connectivity index (χ1n) is 18.0. The second-order valence-corrected chi connectivity index (χ2v) is 13.7. The van der Waals surface area contributed by atoms with E-state index in [-0.39, 0.29) is 37.0 Å². The Kier molecular flexibility index (Phi) is 12.3. The van der Waals surface area contributed by atoms with Gasteiger partial charge in [-0.1, -0.05) is 67.4 Å². The number of piperidine rings is 1. The van der Waals surface area contributed by atoms with Gasteiger partial charge < -0.3 is 35.0 Å². The Morgan fingerprint density at radius 3 is 2.29 bits per heavy atom. The lowest BCUT2D eigenvalue weighted by Gasteiger charge is -2.45. The third-order valence-corrected chi connectivity index (χ3v) is 10.3. The molecular formula is C39H49N5O7. The minimum Gasteiger partial charge on any atom is -0.392 e. The van der Waals surface area contributed by atoms with Crippen LogP contribution in [0.15, 0.2) is 78.9 Å². The summed E-state index contributed by atoms with van der Waals surface area (Å²) in [5.41, 5.74) is 5.43. The summed E-state index contributed by atoms with van der Waals surface area (Å²) in [5.74, 6) is -0.392. The quantitative estimate of drug-likeness (QED) is 0.0896. The van der Waals surface area contributed by atoms with Crippen LogP contribution in [0.5, 0.6) is 0 Å². The first kappa shape index (κ1) is 36.5. The van der Waals surface area contributed by atoms with E-state index in [9.17, 15) is 19.5 Å². The number of para-hydroxylation sites is 1. The monoisotopic (exact) mass is 699 g/mol. The summed E-state index contributed by atoms with van der Waals surface area (Å²) in [6.07, 6.45) is 4.64. The minimum atomic E-state index is -0.662. The summed E-state index contributed by atoms with van der Waals surface area (Å²) in [6, 6.07) is 25.5. The summed E-state index contributed by atoms with van der Waals surface area (Å²) in [4.78, 5) is 41.7. The van der Waals surface area contributed by atoms with Crippen LogP contribution >= 0.6 is 0 Å². The number of anilines is 2. The normalized spacial score (nSPS) is 21.7. The van der Waals surface area contributed by atoms with Crippen LogP contribution in [0, 0.1) is 0 Å². The highest BCUT2D eigenvalue weighted by atomic mass is 16.7. The summed E-state index contributed by atoms with van der Waals surface area (Å²) in [6.45, 7) is 2.69. The van der Waals surface area contributed by atoms with E-state index in [1.807, 2.05) is 66.7 Å². The molecule has 0 radical (unpaired) electrons. The van der Waals surface area contributed by atoms with Gasteiger partial charge in [0.1, 0.15) is 5.54 Å². The summed E-state index contributed by atoms with van der Waals surface area (Å²) in [7, 11) is 0. The Morgan fingerprint density at radius 2 is 1.59 bits per heavy atom. The zero-order valence-electron chi connectivity index (χ0n) is 29.0. The average molecular weight is 700 g/mol. The van der Waals surface area contributed by atoms with Crippen LogP contribution in [0.1, 0.15) is 86.9 Å². The van der Waals surface area contributed by atoms with Crippen LogP contribution in [-0.2, 0) is 30.5 Å². The molecule has 3 heterocycles. The fourth-order valence-corrected chi connectivity index (χ4v) is 7.43. The Morgan fingerprint density at radius 1 is 0.863 bits per heavy atom. The predicted octanol–water partition coefficient (Wildman–Crippen LogP) is 4.94. The SMILES string of the molecule is O=C(CCCCCCC(=O)Nc1cccc(C2OC(CN3CCC4(CC3)C(=O)NCN4c3ccccc3)CC(c3ccc(CO)cc3)O2)c1)NO. The number of aliphatic hydroxyl groups excluding tert-OH is 1. The Balaban J connectivity index is 1.09. The summed E-state index contributed by atoms with van der Waals surface area (Å²) >= 11 is 0. The molecule has 5 N–H and O–H groups in total. The van der Waals surface area contributed by atoms with Gasteiger partial charge in [0.15, 0.2) is 6.29 Å². The van der Waals surface area contributed by atoms with E-state index < -0.39 is 17.7 Å². The molecule has 0 bridgehead atoms. The van der Waals surface area contributed by atoms with Gasteiger partial charge in [-0.3, -0.25) is 19.6 Å². The highest BCUT2D eigenvalue weighted by Crippen LogP contribution is 2.40. The van der Waals surface area contributed by atoms with E-state index >= 15 is 0 Å². The van der Waals surface area contributed by atoms with Crippen molar-refractivity contribution < 1.29 is 34.2 Å². The number of likely N-dealkylation sites (tertiary alicyclic amines) is 1. The molecule has 3 amide bonds. The largest absolute Gasteiger partial charge is 0.392 e. The van der Waals surface area contributed by atoms with Crippen molar-refractivity contribution >= 4 is 29.1 Å². The molecule has 0 saturated carbocycles. The van der Waals surface area contributed by atoms with E-state index in [2.05, 4.69) is 32.6 Å². The maximum absolute atomic E-state index is 13.2. The highest BCUT2D eigenvalue weighted by molar-refractivity contribution is 5.93. The van der Waals surface area contributed by atoms with Gasteiger partial charge in [-0.25, -0.2) is 5.48 Å². The molecule has 6 rings (SSSR count). The molecule has 3 aromatic rings. The molecule has 0 aromatic heterocycles. The number of carbonyl (C=O) groups excluding carboxylic acids is 3. The molecule has 3 saturated heterocycles. The molecule has 12 nitrogen and oxygen atoms in total. The van der Waals surface area contributed by atoms with Crippen molar-refractivity contribution in [2.75, 3.05) is 36.5 Å².